The molecule has 148 valence electrons. The van der Waals surface area contributed by atoms with E-state index in [4.69, 9.17) is 4.99 Å². The molecule has 2 aromatic rings. The predicted molar refractivity (Wildman–Crippen MR) is 120 cm³/mol. The summed E-state index contributed by atoms with van der Waals surface area (Å²) in [7, 11) is 0. The Balaban J connectivity index is 0.00000261. The number of halogens is 1. The van der Waals surface area contributed by atoms with Crippen molar-refractivity contribution in [2.75, 3.05) is 13.1 Å². The summed E-state index contributed by atoms with van der Waals surface area (Å²) in [5.74, 6) is 0.865. The van der Waals surface area contributed by atoms with E-state index in [-0.39, 0.29) is 30.1 Å². The van der Waals surface area contributed by atoms with Crippen LogP contribution in [0.3, 0.4) is 0 Å². The van der Waals surface area contributed by atoms with E-state index in [0.29, 0.717) is 12.6 Å². The Hall–Kier alpha value is -1.61. The summed E-state index contributed by atoms with van der Waals surface area (Å²) >= 11 is 0. The van der Waals surface area contributed by atoms with Crippen molar-refractivity contribution in [1.29, 1.82) is 0 Å². The first-order valence-electron chi connectivity index (χ1n) is 9.56. The van der Waals surface area contributed by atoms with E-state index in [0.717, 1.165) is 50.3 Å². The monoisotopic (exact) mass is 483 g/mol. The fourth-order valence-corrected chi connectivity index (χ4v) is 3.24. The topological polar surface area (TPSA) is 74.5 Å². The molecule has 3 N–H and O–H groups in total. The highest BCUT2D eigenvalue weighted by molar-refractivity contribution is 14.0. The van der Waals surface area contributed by atoms with Crippen molar-refractivity contribution in [2.24, 2.45) is 4.99 Å². The van der Waals surface area contributed by atoms with Gasteiger partial charge < -0.3 is 15.7 Å². The van der Waals surface area contributed by atoms with Crippen LogP contribution in [0.25, 0.3) is 5.69 Å². The van der Waals surface area contributed by atoms with Gasteiger partial charge in [-0.25, -0.2) is 4.68 Å². The van der Waals surface area contributed by atoms with Gasteiger partial charge in [-0.3, -0.25) is 4.99 Å². The Morgan fingerprint density at radius 2 is 1.96 bits per heavy atom. The smallest absolute Gasteiger partial charge is 0.191 e. The van der Waals surface area contributed by atoms with Crippen molar-refractivity contribution in [2.45, 2.75) is 51.2 Å². The van der Waals surface area contributed by atoms with Crippen LogP contribution in [0.2, 0.25) is 0 Å². The van der Waals surface area contributed by atoms with Gasteiger partial charge in [0.05, 0.1) is 18.0 Å². The van der Waals surface area contributed by atoms with Crippen LogP contribution in [0.15, 0.2) is 47.7 Å². The summed E-state index contributed by atoms with van der Waals surface area (Å²) in [6.45, 7) is 3.63. The zero-order valence-electron chi connectivity index (χ0n) is 15.8. The molecule has 0 bridgehead atoms. The van der Waals surface area contributed by atoms with Gasteiger partial charge in [0.2, 0.25) is 0 Å². The third-order valence-corrected chi connectivity index (χ3v) is 4.71. The second-order valence-corrected chi connectivity index (χ2v) is 6.79. The fourth-order valence-electron chi connectivity index (χ4n) is 3.24. The molecule has 0 amide bonds. The van der Waals surface area contributed by atoms with Gasteiger partial charge in [0.1, 0.15) is 0 Å². The lowest BCUT2D eigenvalue weighted by molar-refractivity contribution is 0.120. The van der Waals surface area contributed by atoms with Crippen LogP contribution in [-0.2, 0) is 6.42 Å². The van der Waals surface area contributed by atoms with Gasteiger partial charge in [0.25, 0.3) is 0 Å². The zero-order chi connectivity index (χ0) is 18.2. The molecule has 1 fully saturated rings. The molecule has 7 heteroatoms. The molecule has 6 nitrogen and oxygen atoms in total. The molecule has 1 aromatic heterocycles. The van der Waals surface area contributed by atoms with Crippen LogP contribution < -0.4 is 10.6 Å². The maximum absolute atomic E-state index is 9.63. The molecule has 1 heterocycles. The molecule has 0 spiro atoms. The number of benzene rings is 1. The number of nitrogens with one attached hydrogen (secondary N) is 2. The van der Waals surface area contributed by atoms with Crippen LogP contribution in [0.5, 0.6) is 0 Å². The third-order valence-electron chi connectivity index (χ3n) is 4.71. The van der Waals surface area contributed by atoms with Gasteiger partial charge in [-0.15, -0.1) is 24.0 Å². The molecule has 27 heavy (non-hydrogen) atoms. The summed E-state index contributed by atoms with van der Waals surface area (Å²) in [6.07, 6.45) is 8.43. The average Bonchev–Trinajstić information content (AvgIpc) is 3.13. The molecule has 0 unspecified atom stereocenters. The van der Waals surface area contributed by atoms with E-state index in [1.54, 1.807) is 0 Å². The van der Waals surface area contributed by atoms with Crippen LogP contribution >= 0.6 is 24.0 Å². The first-order valence-corrected chi connectivity index (χ1v) is 9.56. The summed E-state index contributed by atoms with van der Waals surface area (Å²) in [5.41, 5.74) is 2.24. The largest absolute Gasteiger partial charge is 0.393 e. The van der Waals surface area contributed by atoms with Gasteiger partial charge in [-0.1, -0.05) is 18.2 Å². The van der Waals surface area contributed by atoms with Crippen LogP contribution in [-0.4, -0.2) is 46.1 Å². The third kappa shape index (κ3) is 6.80. The van der Waals surface area contributed by atoms with Crippen molar-refractivity contribution < 1.29 is 5.11 Å². The van der Waals surface area contributed by atoms with Crippen LogP contribution in [0.1, 0.15) is 38.2 Å². The Morgan fingerprint density at radius 1 is 1.22 bits per heavy atom. The van der Waals surface area contributed by atoms with Gasteiger partial charge >= 0.3 is 0 Å². The minimum Gasteiger partial charge on any atom is -0.393 e. The Bertz CT molecular complexity index is 695. The fraction of sp³-hybridized carbons (Fsp3) is 0.500. The molecule has 1 aliphatic carbocycles. The second-order valence-electron chi connectivity index (χ2n) is 6.79. The van der Waals surface area contributed by atoms with Gasteiger partial charge in [-0.2, -0.15) is 5.10 Å². The molecule has 1 aliphatic rings. The number of nitrogens with zero attached hydrogens (tertiary/aromatic N) is 3. The minimum atomic E-state index is -0.131. The van der Waals surface area contributed by atoms with E-state index in [1.807, 2.05) is 41.2 Å². The summed E-state index contributed by atoms with van der Waals surface area (Å²) in [5, 5.41) is 20.9. The standard InChI is InChI=1S/C20H29N5O.HI/c1-2-21-20(24-17-8-10-19(26)11-9-17)22-13-12-16-14-23-25(15-16)18-6-4-3-5-7-18;/h3-7,14-15,17,19,26H,2,8-13H2,1H3,(H2,21,22,24);1H. The number of hydrogen-bond donors (Lipinski definition) is 3. The Morgan fingerprint density at radius 3 is 2.67 bits per heavy atom. The summed E-state index contributed by atoms with van der Waals surface area (Å²) < 4.78 is 1.90. The first-order chi connectivity index (χ1) is 12.7. The molecular weight excluding hydrogens is 453 g/mol. The molecule has 1 saturated carbocycles. The summed E-state index contributed by atoms with van der Waals surface area (Å²) in [4.78, 5) is 4.70. The Kier molecular flexibility index (Phi) is 9.06. The predicted octanol–water partition coefficient (Wildman–Crippen LogP) is 2.89. The average molecular weight is 483 g/mol. The lowest BCUT2D eigenvalue weighted by atomic mass is 9.93. The highest BCUT2D eigenvalue weighted by Crippen LogP contribution is 2.18. The van der Waals surface area contributed by atoms with Crippen LogP contribution in [0, 0.1) is 0 Å². The quantitative estimate of drug-likeness (QED) is 0.336. The van der Waals surface area contributed by atoms with Crippen LogP contribution in [0.4, 0.5) is 0 Å². The molecule has 0 saturated heterocycles. The molecular formula is C20H30IN5O. The first kappa shape index (κ1) is 21.7. The number of guanidine groups is 1. The number of aliphatic hydroxyl groups excluding tert-OH is 1. The van der Waals surface area contributed by atoms with E-state index >= 15 is 0 Å². The lowest BCUT2D eigenvalue weighted by Crippen LogP contribution is -2.45. The van der Waals surface area contributed by atoms with E-state index < -0.39 is 0 Å². The highest BCUT2D eigenvalue weighted by Gasteiger charge is 2.19. The number of aliphatic imine (C=N–C) groups is 1. The molecule has 0 aliphatic heterocycles. The molecule has 1 aromatic carbocycles. The maximum atomic E-state index is 9.63. The number of para-hydroxylation sites is 1. The highest BCUT2D eigenvalue weighted by atomic mass is 127. The van der Waals surface area contributed by atoms with Crippen molar-refractivity contribution in [3.8, 4) is 5.69 Å². The van der Waals surface area contributed by atoms with E-state index in [9.17, 15) is 5.11 Å². The number of aromatic nitrogens is 2. The SMILES string of the molecule is CCNC(=NCCc1cnn(-c2ccccc2)c1)NC1CCC(O)CC1.I. The van der Waals surface area contributed by atoms with Crippen molar-refractivity contribution >= 4 is 29.9 Å². The number of hydrogen-bond acceptors (Lipinski definition) is 3. The minimum absolute atomic E-state index is 0. The van der Waals surface area contributed by atoms with Crippen molar-refractivity contribution in [1.82, 2.24) is 20.4 Å². The lowest BCUT2D eigenvalue weighted by Gasteiger charge is -2.27. The Labute approximate surface area is 178 Å². The van der Waals surface area contributed by atoms with Gasteiger partial charge in [0.15, 0.2) is 5.96 Å². The number of rotatable bonds is 6. The molecule has 0 atom stereocenters. The van der Waals surface area contributed by atoms with E-state index in [1.165, 1.54) is 5.56 Å². The number of aliphatic hydroxyl groups is 1. The zero-order valence-corrected chi connectivity index (χ0v) is 18.2. The van der Waals surface area contributed by atoms with Gasteiger partial charge in [0, 0.05) is 25.3 Å². The summed E-state index contributed by atoms with van der Waals surface area (Å²) in [6, 6.07) is 10.5. The second kappa shape index (κ2) is 11.3. The molecule has 3 rings (SSSR count). The molecule has 0 radical (unpaired) electrons. The van der Waals surface area contributed by atoms with Crippen molar-refractivity contribution in [3.63, 3.8) is 0 Å². The normalized spacial score (nSPS) is 20.0. The van der Waals surface area contributed by atoms with Gasteiger partial charge in [-0.05, 0) is 56.7 Å². The van der Waals surface area contributed by atoms with Crippen molar-refractivity contribution in [3.05, 3.63) is 48.3 Å². The maximum Gasteiger partial charge on any atom is 0.191 e. The van der Waals surface area contributed by atoms with E-state index in [2.05, 4.69) is 28.9 Å².